The molecule has 1 heterocycles. The Morgan fingerprint density at radius 3 is 2.31 bits per heavy atom. The third-order valence-corrected chi connectivity index (χ3v) is 13.1. The molecule has 5 saturated carbocycles. The van der Waals surface area contributed by atoms with Crippen LogP contribution in [0.5, 0.6) is 0 Å². The molecule has 2 N–H and O–H groups in total. The first kappa shape index (κ1) is 31.5. The summed E-state index contributed by atoms with van der Waals surface area (Å²) >= 11 is 0. The number of likely N-dealkylation sites (tertiary alicyclic amines) is 1. The van der Waals surface area contributed by atoms with Crippen molar-refractivity contribution in [1.29, 1.82) is 0 Å². The number of carbonyl (C=O) groups excluding carboxylic acids is 2. The zero-order valence-corrected chi connectivity index (χ0v) is 27.0. The molecule has 11 nitrogen and oxygen atoms in total. The summed E-state index contributed by atoms with van der Waals surface area (Å²) in [4.78, 5) is 29.3. The minimum absolute atomic E-state index is 0.163. The number of aliphatic hydroxyl groups excluding tert-OH is 1. The highest BCUT2D eigenvalue weighted by Gasteiger charge is 2.90. The smallest absolute Gasteiger partial charge is 0.338 e. The van der Waals surface area contributed by atoms with Crippen molar-refractivity contribution in [3.05, 3.63) is 35.9 Å². The highest BCUT2D eigenvalue weighted by Crippen LogP contribution is 2.80. The normalized spacial score (nSPS) is 49.1. The van der Waals surface area contributed by atoms with Crippen molar-refractivity contribution in [3.63, 3.8) is 0 Å². The van der Waals surface area contributed by atoms with Gasteiger partial charge < -0.3 is 38.6 Å². The molecule has 1 unspecified atom stereocenters. The van der Waals surface area contributed by atoms with Crippen LogP contribution in [0.3, 0.4) is 0 Å². The summed E-state index contributed by atoms with van der Waals surface area (Å²) in [5.74, 6) is -2.55. The number of nitrogens with zero attached hydrogens (tertiary/aromatic N) is 1. The van der Waals surface area contributed by atoms with E-state index in [-0.39, 0.29) is 30.7 Å². The van der Waals surface area contributed by atoms with Gasteiger partial charge in [-0.05, 0) is 31.0 Å². The summed E-state index contributed by atoms with van der Waals surface area (Å²) in [7, 11) is 6.58. The van der Waals surface area contributed by atoms with Crippen molar-refractivity contribution in [2.75, 3.05) is 48.1 Å². The SMILES string of the molecule is CCN1C[C@]2(COC)[C@H](O)C[C@@H](OC)[C@@]34C5C[C@]6(O)[C@@H](OC)C[C@](OC(C)=O)([C@@H]([C@@H](OC)[C@H]23)[C@@H]14)[C@H]5[C@H]6OC(=O)c1ccccc1. The van der Waals surface area contributed by atoms with Gasteiger partial charge in [-0.2, -0.15) is 0 Å². The molecule has 0 radical (unpaired) electrons. The summed E-state index contributed by atoms with van der Waals surface area (Å²) < 4.78 is 37.9. The number of rotatable bonds is 9. The van der Waals surface area contributed by atoms with Crippen LogP contribution in [0, 0.1) is 34.5 Å². The van der Waals surface area contributed by atoms with E-state index in [9.17, 15) is 19.8 Å². The standard InChI is InChI=1S/C34H47NO10/c1-7-35-16-31(17-40-3)21(37)13-22(41-4)34-20-14-32(39)23(42-5)15-33(45-18(2)36,25(28(34)35)26(43-6)27(31)34)24(20)29(32)44-30(38)19-11-9-8-10-12-19/h8-12,20-29,37,39H,7,13-17H2,1-6H3/t20?,21-,22-,23+,24-,25+,26-,27-,28-,29-,31+,32+,33-,34+/m1/s1. The Bertz CT molecular complexity index is 1330. The number of piperidine rings is 1. The van der Waals surface area contributed by atoms with Gasteiger partial charge in [0.25, 0.3) is 0 Å². The van der Waals surface area contributed by atoms with Crippen molar-refractivity contribution in [2.45, 2.75) is 80.9 Å². The largest absolute Gasteiger partial charge is 0.458 e. The van der Waals surface area contributed by atoms with Crippen LogP contribution in [0.25, 0.3) is 0 Å². The number of benzene rings is 1. The highest BCUT2D eigenvalue weighted by atomic mass is 16.6. The van der Waals surface area contributed by atoms with Crippen molar-refractivity contribution >= 4 is 11.9 Å². The van der Waals surface area contributed by atoms with Gasteiger partial charge in [0.15, 0.2) is 0 Å². The fraction of sp³-hybridized carbons (Fsp3) is 0.765. The first-order valence-corrected chi connectivity index (χ1v) is 16.2. The molecule has 7 rings (SSSR count). The van der Waals surface area contributed by atoms with Crippen LogP contribution in [0.15, 0.2) is 30.3 Å². The number of ether oxygens (including phenoxy) is 6. The van der Waals surface area contributed by atoms with Gasteiger partial charge in [0.05, 0.1) is 36.6 Å². The molecule has 0 amide bonds. The summed E-state index contributed by atoms with van der Waals surface area (Å²) in [5.41, 5.74) is -3.74. The minimum atomic E-state index is -1.55. The maximum Gasteiger partial charge on any atom is 0.338 e. The van der Waals surface area contributed by atoms with E-state index in [1.165, 1.54) is 6.92 Å². The topological polar surface area (TPSA) is 133 Å². The number of aliphatic hydroxyl groups is 2. The second-order valence-corrected chi connectivity index (χ2v) is 14.4. The molecule has 248 valence electrons. The van der Waals surface area contributed by atoms with Gasteiger partial charge in [0.1, 0.15) is 17.3 Å². The number of fused-ring (bicyclic) bond motifs is 2. The van der Waals surface area contributed by atoms with E-state index in [4.69, 9.17) is 28.4 Å². The molecule has 14 atom stereocenters. The Balaban J connectivity index is 1.50. The molecule has 0 aromatic heterocycles. The Hall–Kier alpha value is -2.12. The molecule has 1 aromatic rings. The molecule has 1 aliphatic heterocycles. The van der Waals surface area contributed by atoms with Crippen molar-refractivity contribution < 1.29 is 48.2 Å². The quantitative estimate of drug-likeness (QED) is 0.387. The molecule has 7 bridgehead atoms. The molecule has 1 saturated heterocycles. The lowest BCUT2D eigenvalue weighted by Crippen LogP contribution is -2.79. The summed E-state index contributed by atoms with van der Waals surface area (Å²) in [6.45, 7) is 5.08. The number of hydrogen-bond acceptors (Lipinski definition) is 11. The van der Waals surface area contributed by atoms with E-state index in [1.807, 2.05) is 6.07 Å². The number of methoxy groups -OCH3 is 4. The summed E-state index contributed by atoms with van der Waals surface area (Å²) in [6, 6.07) is 8.56. The van der Waals surface area contributed by atoms with Gasteiger partial charge >= 0.3 is 11.9 Å². The lowest BCUT2D eigenvalue weighted by atomic mass is 9.42. The summed E-state index contributed by atoms with van der Waals surface area (Å²) in [5, 5.41) is 24.8. The molecule has 11 heteroatoms. The van der Waals surface area contributed by atoms with E-state index < -0.39 is 76.3 Å². The third-order valence-electron chi connectivity index (χ3n) is 13.1. The predicted molar refractivity (Wildman–Crippen MR) is 159 cm³/mol. The first-order valence-electron chi connectivity index (χ1n) is 16.2. The van der Waals surface area contributed by atoms with Crippen molar-refractivity contribution in [3.8, 4) is 0 Å². The van der Waals surface area contributed by atoms with Crippen LogP contribution in [0.1, 0.15) is 43.5 Å². The zero-order valence-electron chi connectivity index (χ0n) is 27.0. The van der Waals surface area contributed by atoms with Gasteiger partial charge in [-0.3, -0.25) is 9.69 Å². The van der Waals surface area contributed by atoms with Crippen molar-refractivity contribution in [2.24, 2.45) is 34.5 Å². The third kappa shape index (κ3) is 3.72. The van der Waals surface area contributed by atoms with Gasteiger partial charge in [0, 0.05) is 89.4 Å². The van der Waals surface area contributed by atoms with Crippen molar-refractivity contribution in [1.82, 2.24) is 4.90 Å². The Kier molecular flexibility index (Phi) is 7.48. The average Bonchev–Trinajstić information content (AvgIpc) is 3.40. The van der Waals surface area contributed by atoms with E-state index in [0.29, 0.717) is 31.7 Å². The van der Waals surface area contributed by atoms with Crippen LogP contribution in [0.2, 0.25) is 0 Å². The highest BCUT2D eigenvalue weighted by molar-refractivity contribution is 5.89. The Morgan fingerprint density at radius 1 is 1.00 bits per heavy atom. The molecule has 6 fully saturated rings. The second-order valence-electron chi connectivity index (χ2n) is 14.4. The molecular formula is C34H47NO10. The van der Waals surface area contributed by atoms with Crippen LogP contribution < -0.4 is 0 Å². The summed E-state index contributed by atoms with van der Waals surface area (Å²) in [6.07, 6.45) is -2.55. The zero-order chi connectivity index (χ0) is 32.1. The van der Waals surface area contributed by atoms with E-state index >= 15 is 0 Å². The fourth-order valence-corrected chi connectivity index (χ4v) is 12.2. The molecular weight excluding hydrogens is 582 g/mol. The van der Waals surface area contributed by atoms with Gasteiger partial charge in [0.2, 0.25) is 0 Å². The Labute approximate surface area is 264 Å². The lowest BCUT2D eigenvalue weighted by Gasteiger charge is -2.70. The fourth-order valence-electron chi connectivity index (χ4n) is 12.2. The molecule has 45 heavy (non-hydrogen) atoms. The molecule has 6 aliphatic rings. The molecule has 1 spiro atoms. The van der Waals surface area contributed by atoms with E-state index in [0.717, 1.165) is 0 Å². The number of carbonyl (C=O) groups is 2. The monoisotopic (exact) mass is 629 g/mol. The first-order chi connectivity index (χ1) is 21.5. The van der Waals surface area contributed by atoms with Crippen LogP contribution in [-0.2, 0) is 33.2 Å². The van der Waals surface area contributed by atoms with Gasteiger partial charge in [-0.15, -0.1) is 0 Å². The predicted octanol–water partition coefficient (Wildman–Crippen LogP) is 1.68. The van der Waals surface area contributed by atoms with Gasteiger partial charge in [-0.25, -0.2) is 4.79 Å². The van der Waals surface area contributed by atoms with Crippen LogP contribution >= 0.6 is 0 Å². The van der Waals surface area contributed by atoms with Crippen LogP contribution in [-0.4, -0.2) is 123 Å². The van der Waals surface area contributed by atoms with Crippen LogP contribution in [0.4, 0.5) is 0 Å². The van der Waals surface area contributed by atoms with E-state index in [2.05, 4.69) is 11.8 Å². The maximum absolute atomic E-state index is 13.7. The maximum atomic E-state index is 13.7. The molecule has 1 aromatic carbocycles. The number of hydrogen-bond donors (Lipinski definition) is 2. The number of esters is 2. The molecule has 5 aliphatic carbocycles. The second kappa shape index (κ2) is 10.7. The average molecular weight is 630 g/mol. The van der Waals surface area contributed by atoms with Gasteiger partial charge in [-0.1, -0.05) is 25.1 Å². The minimum Gasteiger partial charge on any atom is -0.458 e. The van der Waals surface area contributed by atoms with E-state index in [1.54, 1.807) is 52.7 Å². The Morgan fingerprint density at radius 2 is 1.71 bits per heavy atom. The lowest BCUT2D eigenvalue weighted by molar-refractivity contribution is -0.300.